The lowest BCUT2D eigenvalue weighted by Crippen LogP contribution is -2.08. The molecule has 0 saturated heterocycles. The first kappa shape index (κ1) is 14.4. The number of aryl methyl sites for hydroxylation is 1. The Balaban J connectivity index is 1.76. The number of aromatic nitrogens is 1. The number of esters is 1. The van der Waals surface area contributed by atoms with Gasteiger partial charge in [-0.05, 0) is 31.2 Å². The largest absolute Gasteiger partial charge is 0.422 e. The summed E-state index contributed by atoms with van der Waals surface area (Å²) in [5.41, 5.74) is 2.11. The minimum Gasteiger partial charge on any atom is -0.422 e. The normalized spacial score (nSPS) is 10.5. The van der Waals surface area contributed by atoms with Gasteiger partial charge in [0.25, 0.3) is 0 Å². The molecule has 22 heavy (non-hydrogen) atoms. The minimum atomic E-state index is -0.579. The van der Waals surface area contributed by atoms with Crippen LogP contribution in [0, 0.1) is 6.92 Å². The molecular formula is C17H12ClNO3. The van der Waals surface area contributed by atoms with Gasteiger partial charge in [0.2, 0.25) is 0 Å². The van der Waals surface area contributed by atoms with Gasteiger partial charge in [-0.15, -0.1) is 0 Å². The summed E-state index contributed by atoms with van der Waals surface area (Å²) in [5, 5.41) is 4.33. The fraction of sp³-hybridized carbons (Fsp3) is 0.0588. The molecule has 3 rings (SSSR count). The molecule has 0 aliphatic rings. The van der Waals surface area contributed by atoms with Crippen molar-refractivity contribution in [1.29, 1.82) is 0 Å². The average Bonchev–Trinajstić information content (AvgIpc) is 3.00. The first-order valence-electron chi connectivity index (χ1n) is 6.63. The molecular weight excluding hydrogens is 302 g/mol. The third-order valence-electron chi connectivity index (χ3n) is 3.08. The molecule has 110 valence electrons. The van der Waals surface area contributed by atoms with Crippen LogP contribution >= 0.6 is 11.6 Å². The molecule has 2 aromatic carbocycles. The zero-order chi connectivity index (χ0) is 15.5. The molecule has 0 atom stereocenters. The number of hydrogen-bond donors (Lipinski definition) is 0. The summed E-state index contributed by atoms with van der Waals surface area (Å²) in [6.07, 6.45) is 0. The summed E-state index contributed by atoms with van der Waals surface area (Å²) in [6, 6.07) is 15.8. The molecule has 4 nitrogen and oxygen atoms in total. The van der Waals surface area contributed by atoms with Gasteiger partial charge in [-0.1, -0.05) is 46.6 Å². The molecule has 0 aliphatic heterocycles. The Morgan fingerprint density at radius 3 is 2.45 bits per heavy atom. The van der Waals surface area contributed by atoms with Gasteiger partial charge in [-0.3, -0.25) is 0 Å². The number of hydrogen-bond acceptors (Lipinski definition) is 4. The van der Waals surface area contributed by atoms with E-state index in [2.05, 4.69) is 5.16 Å². The first-order chi connectivity index (χ1) is 10.6. The van der Waals surface area contributed by atoms with Gasteiger partial charge in [-0.2, -0.15) is 0 Å². The number of ether oxygens (including phenoxy) is 1. The number of halogens is 1. The van der Waals surface area contributed by atoms with E-state index in [1.807, 2.05) is 31.2 Å². The van der Waals surface area contributed by atoms with Crippen LogP contribution in [0.25, 0.3) is 11.3 Å². The van der Waals surface area contributed by atoms with Crippen LogP contribution in [0.5, 0.6) is 5.75 Å². The highest BCUT2D eigenvalue weighted by Gasteiger charge is 2.15. The Morgan fingerprint density at radius 2 is 1.77 bits per heavy atom. The van der Waals surface area contributed by atoms with Gasteiger partial charge < -0.3 is 9.26 Å². The van der Waals surface area contributed by atoms with E-state index in [1.54, 1.807) is 30.3 Å². The minimum absolute atomic E-state index is 0.116. The summed E-state index contributed by atoms with van der Waals surface area (Å²) in [4.78, 5) is 12.0. The molecule has 1 heterocycles. The van der Waals surface area contributed by atoms with Gasteiger partial charge in [-0.25, -0.2) is 4.79 Å². The molecule has 0 N–H and O–H groups in total. The van der Waals surface area contributed by atoms with Gasteiger partial charge in [0, 0.05) is 16.7 Å². The zero-order valence-electron chi connectivity index (χ0n) is 11.7. The maximum Gasteiger partial charge on any atom is 0.365 e. The van der Waals surface area contributed by atoms with E-state index in [4.69, 9.17) is 20.9 Å². The molecule has 0 fully saturated rings. The summed E-state index contributed by atoms with van der Waals surface area (Å²) in [6.45, 7) is 2.00. The van der Waals surface area contributed by atoms with E-state index >= 15 is 0 Å². The van der Waals surface area contributed by atoms with Crippen LogP contribution in [0.1, 0.15) is 16.1 Å². The highest BCUT2D eigenvalue weighted by Crippen LogP contribution is 2.22. The van der Waals surface area contributed by atoms with E-state index in [9.17, 15) is 4.79 Å². The summed E-state index contributed by atoms with van der Waals surface area (Å²) in [7, 11) is 0. The van der Waals surface area contributed by atoms with Crippen LogP contribution in [-0.4, -0.2) is 11.1 Å². The summed E-state index contributed by atoms with van der Waals surface area (Å²) in [5.74, 6) is 0.335. The lowest BCUT2D eigenvalue weighted by atomic mass is 10.1. The molecule has 0 radical (unpaired) electrons. The van der Waals surface area contributed by atoms with E-state index in [1.165, 1.54) is 0 Å². The molecule has 1 aromatic heterocycles. The highest BCUT2D eigenvalue weighted by atomic mass is 35.5. The molecule has 0 unspecified atom stereocenters. The monoisotopic (exact) mass is 313 g/mol. The van der Waals surface area contributed by atoms with Gasteiger partial charge in [0.1, 0.15) is 5.75 Å². The second-order valence-corrected chi connectivity index (χ2v) is 5.22. The lowest BCUT2D eigenvalue weighted by Gasteiger charge is -2.00. The topological polar surface area (TPSA) is 52.3 Å². The second kappa shape index (κ2) is 6.03. The van der Waals surface area contributed by atoms with E-state index in [-0.39, 0.29) is 5.69 Å². The van der Waals surface area contributed by atoms with Gasteiger partial charge in [0.05, 0.1) is 0 Å². The van der Waals surface area contributed by atoms with Crippen molar-refractivity contribution in [2.75, 3.05) is 0 Å². The van der Waals surface area contributed by atoms with Crippen molar-refractivity contribution in [2.24, 2.45) is 0 Å². The van der Waals surface area contributed by atoms with Crippen LogP contribution in [0.4, 0.5) is 0 Å². The number of carbonyl (C=O) groups is 1. The van der Waals surface area contributed by atoms with Crippen LogP contribution in [0.15, 0.2) is 59.1 Å². The Hall–Kier alpha value is -2.59. The van der Waals surface area contributed by atoms with Crippen molar-refractivity contribution >= 4 is 17.6 Å². The maximum absolute atomic E-state index is 12.0. The second-order valence-electron chi connectivity index (χ2n) is 4.79. The van der Waals surface area contributed by atoms with Crippen molar-refractivity contribution in [3.05, 3.63) is 70.9 Å². The molecule has 0 bridgehead atoms. The molecule has 0 amide bonds. The molecule has 0 spiro atoms. The highest BCUT2D eigenvalue weighted by molar-refractivity contribution is 6.30. The smallest absolute Gasteiger partial charge is 0.365 e. The summed E-state index contributed by atoms with van der Waals surface area (Å²) >= 11 is 5.78. The Bertz CT molecular complexity index is 792. The maximum atomic E-state index is 12.0. The van der Waals surface area contributed by atoms with Crippen LogP contribution < -0.4 is 4.74 Å². The standard InChI is InChI=1S/C17H12ClNO3/c1-11-2-4-12(5-3-11)16-10-15(19-22-16)17(20)21-14-8-6-13(18)7-9-14/h2-10H,1H3. The van der Waals surface area contributed by atoms with Crippen molar-refractivity contribution in [3.63, 3.8) is 0 Å². The average molecular weight is 314 g/mol. The predicted octanol–water partition coefficient (Wildman–Crippen LogP) is 4.52. The van der Waals surface area contributed by atoms with Crippen molar-refractivity contribution in [3.8, 4) is 17.1 Å². The predicted molar refractivity (Wildman–Crippen MR) is 83.1 cm³/mol. The molecule has 0 aliphatic carbocycles. The molecule has 5 heteroatoms. The fourth-order valence-electron chi connectivity index (χ4n) is 1.89. The quantitative estimate of drug-likeness (QED) is 0.527. The zero-order valence-corrected chi connectivity index (χ0v) is 12.5. The lowest BCUT2D eigenvalue weighted by molar-refractivity contribution is 0.0724. The number of rotatable bonds is 3. The fourth-order valence-corrected chi connectivity index (χ4v) is 2.01. The Morgan fingerprint density at radius 1 is 1.09 bits per heavy atom. The van der Waals surface area contributed by atoms with Crippen LogP contribution in [0.2, 0.25) is 5.02 Å². The summed E-state index contributed by atoms with van der Waals surface area (Å²) < 4.78 is 10.4. The number of carbonyl (C=O) groups excluding carboxylic acids is 1. The SMILES string of the molecule is Cc1ccc(-c2cc(C(=O)Oc3ccc(Cl)cc3)no2)cc1. The van der Waals surface area contributed by atoms with E-state index < -0.39 is 5.97 Å². The molecule has 0 saturated carbocycles. The first-order valence-corrected chi connectivity index (χ1v) is 7.01. The number of benzene rings is 2. The number of nitrogens with zero attached hydrogens (tertiary/aromatic N) is 1. The Kier molecular flexibility index (Phi) is 3.94. The van der Waals surface area contributed by atoms with Gasteiger partial charge in [0.15, 0.2) is 11.5 Å². The van der Waals surface area contributed by atoms with E-state index in [0.717, 1.165) is 11.1 Å². The third kappa shape index (κ3) is 3.18. The van der Waals surface area contributed by atoms with Crippen LogP contribution in [-0.2, 0) is 0 Å². The van der Waals surface area contributed by atoms with Crippen LogP contribution in [0.3, 0.4) is 0 Å². The third-order valence-corrected chi connectivity index (χ3v) is 3.33. The van der Waals surface area contributed by atoms with Gasteiger partial charge >= 0.3 is 5.97 Å². The van der Waals surface area contributed by atoms with Crippen molar-refractivity contribution < 1.29 is 14.1 Å². The van der Waals surface area contributed by atoms with Crippen molar-refractivity contribution in [2.45, 2.75) is 6.92 Å². The molecule has 3 aromatic rings. The Labute approximate surface area is 132 Å². The van der Waals surface area contributed by atoms with Crippen molar-refractivity contribution in [1.82, 2.24) is 5.16 Å². The van der Waals surface area contributed by atoms with E-state index in [0.29, 0.717) is 16.5 Å².